The van der Waals surface area contributed by atoms with E-state index in [0.29, 0.717) is 36.6 Å². The molecule has 1 aliphatic rings. The fraction of sp³-hybridized carbons (Fsp3) is 0.235. The first-order valence-electron chi connectivity index (χ1n) is 7.08. The highest BCUT2D eigenvalue weighted by Crippen LogP contribution is 2.32. The quantitative estimate of drug-likeness (QED) is 0.942. The third-order valence-electron chi connectivity index (χ3n) is 3.41. The Bertz CT molecular complexity index is 725. The Morgan fingerprint density at radius 3 is 2.73 bits per heavy atom. The van der Waals surface area contributed by atoms with Crippen molar-refractivity contribution in [1.82, 2.24) is 0 Å². The van der Waals surface area contributed by atoms with E-state index in [9.17, 15) is 4.39 Å². The molecule has 22 heavy (non-hydrogen) atoms. The predicted molar refractivity (Wildman–Crippen MR) is 80.5 cm³/mol. The molecule has 0 saturated heterocycles. The van der Waals surface area contributed by atoms with Crippen LogP contribution in [0.25, 0.3) is 0 Å². The van der Waals surface area contributed by atoms with Gasteiger partial charge in [-0.1, -0.05) is 0 Å². The minimum Gasteiger partial charge on any atom is -0.490 e. The van der Waals surface area contributed by atoms with E-state index in [0.717, 1.165) is 17.9 Å². The number of nitrogens with one attached hydrogen (secondary N) is 1. The molecule has 2 aromatic rings. The van der Waals surface area contributed by atoms with Gasteiger partial charge in [-0.3, -0.25) is 0 Å². The number of rotatable bonds is 3. The summed E-state index contributed by atoms with van der Waals surface area (Å²) in [5, 5.41) is 12.0. The number of benzene rings is 2. The first kappa shape index (κ1) is 14.2. The Kier molecular flexibility index (Phi) is 4.10. The Morgan fingerprint density at radius 2 is 1.91 bits per heavy atom. The molecule has 4 nitrogen and oxygen atoms in total. The van der Waals surface area contributed by atoms with E-state index in [1.165, 1.54) is 12.1 Å². The number of ether oxygens (including phenoxy) is 2. The Balaban J connectivity index is 1.74. The van der Waals surface area contributed by atoms with Gasteiger partial charge in [-0.25, -0.2) is 4.39 Å². The molecular weight excluding hydrogens is 283 g/mol. The van der Waals surface area contributed by atoms with Crippen molar-refractivity contribution in [2.24, 2.45) is 0 Å². The molecule has 0 bridgehead atoms. The van der Waals surface area contributed by atoms with E-state index in [2.05, 4.69) is 5.32 Å². The largest absolute Gasteiger partial charge is 0.490 e. The minimum absolute atomic E-state index is 0.293. The highest BCUT2D eigenvalue weighted by Gasteiger charge is 2.11. The third kappa shape index (κ3) is 3.12. The zero-order chi connectivity index (χ0) is 15.4. The Hall–Kier alpha value is -2.74. The van der Waals surface area contributed by atoms with Gasteiger partial charge in [0.25, 0.3) is 0 Å². The minimum atomic E-state index is -0.333. The van der Waals surface area contributed by atoms with E-state index in [-0.39, 0.29) is 5.82 Å². The summed E-state index contributed by atoms with van der Waals surface area (Å²) in [7, 11) is 0. The van der Waals surface area contributed by atoms with Gasteiger partial charge in [0.05, 0.1) is 24.8 Å². The predicted octanol–water partition coefficient (Wildman–Crippen LogP) is 3.47. The van der Waals surface area contributed by atoms with E-state index in [1.54, 1.807) is 6.07 Å². The Labute approximate surface area is 128 Å². The molecule has 1 aliphatic heterocycles. The van der Waals surface area contributed by atoms with Crippen molar-refractivity contribution in [2.75, 3.05) is 18.5 Å². The summed E-state index contributed by atoms with van der Waals surface area (Å²) in [5.74, 6) is 1.08. The maximum Gasteiger partial charge on any atom is 0.163 e. The molecule has 1 heterocycles. The van der Waals surface area contributed by atoms with Crippen LogP contribution in [0.1, 0.15) is 17.5 Å². The molecule has 1 N–H and O–H groups in total. The van der Waals surface area contributed by atoms with Crippen molar-refractivity contribution >= 4 is 5.69 Å². The topological polar surface area (TPSA) is 54.3 Å². The van der Waals surface area contributed by atoms with Gasteiger partial charge in [0.15, 0.2) is 11.5 Å². The van der Waals surface area contributed by atoms with E-state index >= 15 is 0 Å². The molecule has 0 fully saturated rings. The monoisotopic (exact) mass is 298 g/mol. The molecule has 0 aromatic heterocycles. The van der Waals surface area contributed by atoms with Crippen molar-refractivity contribution in [3.8, 4) is 17.6 Å². The first-order valence-corrected chi connectivity index (χ1v) is 7.08. The molecule has 0 atom stereocenters. The van der Waals surface area contributed by atoms with Crippen LogP contribution in [0.15, 0.2) is 36.4 Å². The van der Waals surface area contributed by atoms with Gasteiger partial charge in [-0.05, 0) is 30.3 Å². The normalized spacial score (nSPS) is 13.1. The summed E-state index contributed by atoms with van der Waals surface area (Å²) in [6, 6.07) is 11.9. The lowest BCUT2D eigenvalue weighted by atomic mass is 10.1. The molecule has 0 radical (unpaired) electrons. The number of hydrogen-bond acceptors (Lipinski definition) is 4. The molecule has 2 aromatic carbocycles. The fourth-order valence-corrected chi connectivity index (χ4v) is 2.25. The first-order chi connectivity index (χ1) is 10.8. The van der Waals surface area contributed by atoms with Crippen molar-refractivity contribution in [2.45, 2.75) is 13.0 Å². The van der Waals surface area contributed by atoms with Crippen LogP contribution in [0.4, 0.5) is 10.1 Å². The van der Waals surface area contributed by atoms with Gasteiger partial charge in [0.2, 0.25) is 0 Å². The number of halogens is 1. The molecule has 0 aliphatic carbocycles. The highest BCUT2D eigenvalue weighted by molar-refractivity contribution is 5.55. The second kappa shape index (κ2) is 6.35. The molecule has 0 spiro atoms. The van der Waals surface area contributed by atoms with Gasteiger partial charge in [-0.2, -0.15) is 5.26 Å². The van der Waals surface area contributed by atoms with Crippen LogP contribution in [0.3, 0.4) is 0 Å². The molecule has 0 saturated carbocycles. The lowest BCUT2D eigenvalue weighted by Gasteiger charge is -2.11. The van der Waals surface area contributed by atoms with Gasteiger partial charge in [-0.15, -0.1) is 0 Å². The van der Waals surface area contributed by atoms with Gasteiger partial charge in [0.1, 0.15) is 5.82 Å². The summed E-state index contributed by atoms with van der Waals surface area (Å²) in [6.45, 7) is 1.56. The zero-order valence-corrected chi connectivity index (χ0v) is 11.9. The van der Waals surface area contributed by atoms with Gasteiger partial charge in [0, 0.05) is 30.3 Å². The second-order valence-electron chi connectivity index (χ2n) is 4.98. The number of nitriles is 1. The van der Waals surface area contributed by atoms with Crippen LogP contribution in [0, 0.1) is 17.1 Å². The maximum atomic E-state index is 13.7. The van der Waals surface area contributed by atoms with Crippen molar-refractivity contribution in [1.29, 1.82) is 5.26 Å². The average molecular weight is 298 g/mol. The van der Waals surface area contributed by atoms with Crippen molar-refractivity contribution in [3.05, 3.63) is 53.3 Å². The smallest absolute Gasteiger partial charge is 0.163 e. The molecule has 0 unspecified atom stereocenters. The van der Waals surface area contributed by atoms with Crippen LogP contribution >= 0.6 is 0 Å². The van der Waals surface area contributed by atoms with Crippen molar-refractivity contribution in [3.63, 3.8) is 0 Å². The van der Waals surface area contributed by atoms with Crippen LogP contribution in [-0.4, -0.2) is 13.2 Å². The summed E-state index contributed by atoms with van der Waals surface area (Å²) in [4.78, 5) is 0. The number of fused-ring (bicyclic) bond motifs is 1. The lowest BCUT2D eigenvalue weighted by Crippen LogP contribution is -2.03. The lowest BCUT2D eigenvalue weighted by molar-refractivity contribution is 0.297. The molecular formula is C17H15FN2O2. The Morgan fingerprint density at radius 1 is 1.09 bits per heavy atom. The SMILES string of the molecule is N#Cc1ccc(F)c(CNc2ccc3c(c2)OCCCO3)c1. The summed E-state index contributed by atoms with van der Waals surface area (Å²) in [5.41, 5.74) is 1.70. The van der Waals surface area contributed by atoms with E-state index in [4.69, 9.17) is 14.7 Å². The summed E-state index contributed by atoms with van der Waals surface area (Å²) in [6.07, 6.45) is 0.851. The summed E-state index contributed by atoms with van der Waals surface area (Å²) >= 11 is 0. The standard InChI is InChI=1S/C17H15FN2O2/c18-15-4-2-12(10-19)8-13(15)11-20-14-3-5-16-17(9-14)22-7-1-6-21-16/h2-5,8-9,20H,1,6-7,11H2. The molecule has 0 amide bonds. The van der Waals surface area contributed by atoms with Gasteiger partial charge < -0.3 is 14.8 Å². The average Bonchev–Trinajstić information content (AvgIpc) is 2.79. The number of nitrogens with zero attached hydrogens (tertiary/aromatic N) is 1. The molecule has 5 heteroatoms. The zero-order valence-electron chi connectivity index (χ0n) is 11.9. The van der Waals surface area contributed by atoms with Crippen molar-refractivity contribution < 1.29 is 13.9 Å². The fourth-order valence-electron chi connectivity index (χ4n) is 2.25. The van der Waals surface area contributed by atoms with E-state index < -0.39 is 0 Å². The maximum absolute atomic E-state index is 13.7. The van der Waals surface area contributed by atoms with Crippen LogP contribution in [0.5, 0.6) is 11.5 Å². The van der Waals surface area contributed by atoms with Gasteiger partial charge >= 0.3 is 0 Å². The number of anilines is 1. The van der Waals surface area contributed by atoms with E-state index in [1.807, 2.05) is 24.3 Å². The highest BCUT2D eigenvalue weighted by atomic mass is 19.1. The third-order valence-corrected chi connectivity index (χ3v) is 3.41. The molecule has 112 valence electrons. The van der Waals surface area contributed by atoms with Crippen LogP contribution in [-0.2, 0) is 6.54 Å². The van der Waals surface area contributed by atoms with Crippen LogP contribution < -0.4 is 14.8 Å². The van der Waals surface area contributed by atoms with Crippen LogP contribution in [0.2, 0.25) is 0 Å². The second-order valence-corrected chi connectivity index (χ2v) is 4.98. The number of hydrogen-bond donors (Lipinski definition) is 1. The molecule has 3 rings (SSSR count). The summed E-state index contributed by atoms with van der Waals surface area (Å²) < 4.78 is 24.9.